The molecule has 2 heterocycles. The standard InChI is InChI=1S/C22H22N4O3S/c1-29-17-10-5-9-16(14-17)21-24-25-22(30-21)23-20(28)18-11-6-12-26(18)19(27)13-15-7-3-2-4-8-15/h2-5,7-10,14,18H,6,11-13H2,1H3,(H,23,25,28). The van der Waals surface area contributed by atoms with Crippen LogP contribution in [0.15, 0.2) is 54.6 Å². The lowest BCUT2D eigenvalue weighted by atomic mass is 10.1. The first-order chi connectivity index (χ1) is 14.6. The van der Waals surface area contributed by atoms with Crippen molar-refractivity contribution in [1.29, 1.82) is 0 Å². The minimum Gasteiger partial charge on any atom is -0.497 e. The molecule has 2 amide bonds. The van der Waals surface area contributed by atoms with Crippen LogP contribution in [-0.2, 0) is 16.0 Å². The summed E-state index contributed by atoms with van der Waals surface area (Å²) in [7, 11) is 1.61. The number of methoxy groups -OCH3 is 1. The Labute approximate surface area is 178 Å². The smallest absolute Gasteiger partial charge is 0.249 e. The Morgan fingerprint density at radius 3 is 2.80 bits per heavy atom. The highest BCUT2D eigenvalue weighted by atomic mass is 32.1. The summed E-state index contributed by atoms with van der Waals surface area (Å²) < 4.78 is 5.24. The molecule has 30 heavy (non-hydrogen) atoms. The number of nitrogens with zero attached hydrogens (tertiary/aromatic N) is 3. The molecule has 1 aliphatic heterocycles. The van der Waals surface area contributed by atoms with Crippen LogP contribution < -0.4 is 10.1 Å². The van der Waals surface area contributed by atoms with E-state index in [0.29, 0.717) is 29.5 Å². The summed E-state index contributed by atoms with van der Waals surface area (Å²) >= 11 is 1.29. The average Bonchev–Trinajstić information content (AvgIpc) is 3.44. The van der Waals surface area contributed by atoms with Gasteiger partial charge in [0.25, 0.3) is 0 Å². The summed E-state index contributed by atoms with van der Waals surface area (Å²) in [5.41, 5.74) is 1.81. The highest BCUT2D eigenvalue weighted by Gasteiger charge is 2.34. The van der Waals surface area contributed by atoms with Crippen LogP contribution in [0.25, 0.3) is 10.6 Å². The van der Waals surface area contributed by atoms with E-state index < -0.39 is 6.04 Å². The molecule has 0 bridgehead atoms. The highest BCUT2D eigenvalue weighted by Crippen LogP contribution is 2.29. The van der Waals surface area contributed by atoms with Crippen molar-refractivity contribution < 1.29 is 14.3 Å². The number of carbonyl (C=O) groups excluding carboxylic acids is 2. The van der Waals surface area contributed by atoms with Crippen LogP contribution in [0.1, 0.15) is 18.4 Å². The SMILES string of the molecule is COc1cccc(-c2nnc(NC(=O)C3CCCN3C(=O)Cc3ccccc3)s2)c1. The van der Waals surface area contributed by atoms with Crippen LogP contribution in [-0.4, -0.2) is 46.6 Å². The molecule has 8 heteroatoms. The number of hydrogen-bond donors (Lipinski definition) is 1. The van der Waals surface area contributed by atoms with E-state index in [1.165, 1.54) is 11.3 Å². The number of carbonyl (C=O) groups is 2. The first-order valence-electron chi connectivity index (χ1n) is 9.76. The van der Waals surface area contributed by atoms with Gasteiger partial charge in [-0.3, -0.25) is 14.9 Å². The summed E-state index contributed by atoms with van der Waals surface area (Å²) in [4.78, 5) is 27.3. The summed E-state index contributed by atoms with van der Waals surface area (Å²) in [6.07, 6.45) is 1.75. The van der Waals surface area contributed by atoms with Gasteiger partial charge < -0.3 is 9.64 Å². The summed E-state index contributed by atoms with van der Waals surface area (Å²) in [5, 5.41) is 12.2. The lowest BCUT2D eigenvalue weighted by Gasteiger charge is -2.23. The van der Waals surface area contributed by atoms with Gasteiger partial charge in [0.05, 0.1) is 13.5 Å². The number of aromatic nitrogens is 2. The highest BCUT2D eigenvalue weighted by molar-refractivity contribution is 7.18. The predicted octanol–water partition coefficient (Wildman–Crippen LogP) is 3.39. The van der Waals surface area contributed by atoms with Crippen LogP contribution in [0.2, 0.25) is 0 Å². The number of anilines is 1. The van der Waals surface area contributed by atoms with Crippen LogP contribution in [0.3, 0.4) is 0 Å². The van der Waals surface area contributed by atoms with Crippen LogP contribution in [0.5, 0.6) is 5.75 Å². The number of nitrogens with one attached hydrogen (secondary N) is 1. The minimum atomic E-state index is -0.481. The molecule has 1 saturated heterocycles. The van der Waals surface area contributed by atoms with Crippen molar-refractivity contribution in [2.45, 2.75) is 25.3 Å². The lowest BCUT2D eigenvalue weighted by molar-refractivity contribution is -0.136. The van der Waals surface area contributed by atoms with Crippen molar-refractivity contribution in [2.24, 2.45) is 0 Å². The van der Waals surface area contributed by atoms with E-state index in [9.17, 15) is 9.59 Å². The van der Waals surface area contributed by atoms with Gasteiger partial charge in [-0.15, -0.1) is 10.2 Å². The molecule has 154 valence electrons. The third-order valence-corrected chi connectivity index (χ3v) is 5.93. The molecule has 1 aliphatic rings. The van der Waals surface area contributed by atoms with Gasteiger partial charge in [0, 0.05) is 12.1 Å². The third kappa shape index (κ3) is 4.49. The number of rotatable bonds is 6. The van der Waals surface area contributed by atoms with Gasteiger partial charge in [-0.25, -0.2) is 0 Å². The maximum Gasteiger partial charge on any atom is 0.249 e. The van der Waals surface area contributed by atoms with E-state index in [1.54, 1.807) is 12.0 Å². The van der Waals surface area contributed by atoms with Crippen molar-refractivity contribution in [3.63, 3.8) is 0 Å². The fourth-order valence-corrected chi connectivity index (χ4v) is 4.29. The quantitative estimate of drug-likeness (QED) is 0.658. The molecule has 1 atom stereocenters. The Morgan fingerprint density at radius 2 is 2.00 bits per heavy atom. The summed E-state index contributed by atoms with van der Waals surface area (Å²) in [6.45, 7) is 0.592. The van der Waals surface area contributed by atoms with Crippen LogP contribution in [0, 0.1) is 0 Å². The number of hydrogen-bond acceptors (Lipinski definition) is 6. The molecule has 0 aliphatic carbocycles. The van der Waals surface area contributed by atoms with E-state index >= 15 is 0 Å². The Kier molecular flexibility index (Phi) is 6.04. The third-order valence-electron chi connectivity index (χ3n) is 5.05. The van der Waals surface area contributed by atoms with Gasteiger partial charge in [-0.2, -0.15) is 0 Å². The first kappa shape index (κ1) is 20.0. The Balaban J connectivity index is 1.42. The fraction of sp³-hybridized carbons (Fsp3) is 0.273. The topological polar surface area (TPSA) is 84.4 Å². The zero-order valence-corrected chi connectivity index (χ0v) is 17.4. The van der Waals surface area contributed by atoms with E-state index in [1.807, 2.05) is 54.6 Å². The number of benzene rings is 2. The second-order valence-corrected chi connectivity index (χ2v) is 8.02. The van der Waals surface area contributed by atoms with Gasteiger partial charge in [0.15, 0.2) is 0 Å². The van der Waals surface area contributed by atoms with Crippen LogP contribution in [0.4, 0.5) is 5.13 Å². The van der Waals surface area contributed by atoms with Gasteiger partial charge >= 0.3 is 0 Å². The second-order valence-electron chi connectivity index (χ2n) is 7.04. The molecule has 3 aromatic rings. The Bertz CT molecular complexity index is 1040. The lowest BCUT2D eigenvalue weighted by Crippen LogP contribution is -2.43. The van der Waals surface area contributed by atoms with Gasteiger partial charge in [0.2, 0.25) is 16.9 Å². The fourth-order valence-electron chi connectivity index (χ4n) is 3.55. The number of likely N-dealkylation sites (tertiary alicyclic amines) is 1. The Morgan fingerprint density at radius 1 is 1.17 bits per heavy atom. The maximum absolute atomic E-state index is 12.8. The predicted molar refractivity (Wildman–Crippen MR) is 115 cm³/mol. The summed E-state index contributed by atoms with van der Waals surface area (Å²) in [6, 6.07) is 16.6. The van der Waals surface area contributed by atoms with Gasteiger partial charge in [0.1, 0.15) is 16.8 Å². The van der Waals surface area contributed by atoms with E-state index in [0.717, 1.165) is 23.3 Å². The molecule has 0 saturated carbocycles. The molecular weight excluding hydrogens is 400 g/mol. The monoisotopic (exact) mass is 422 g/mol. The normalized spacial score (nSPS) is 15.8. The zero-order chi connectivity index (χ0) is 20.9. The van der Waals surface area contributed by atoms with Gasteiger partial charge in [-0.1, -0.05) is 53.8 Å². The Hall–Kier alpha value is -3.26. The molecule has 0 spiro atoms. The average molecular weight is 423 g/mol. The zero-order valence-electron chi connectivity index (χ0n) is 16.6. The second kappa shape index (κ2) is 9.04. The minimum absolute atomic E-state index is 0.0341. The molecular formula is C22H22N4O3S. The molecule has 7 nitrogen and oxygen atoms in total. The largest absolute Gasteiger partial charge is 0.497 e. The molecule has 2 aromatic carbocycles. The first-order valence-corrected chi connectivity index (χ1v) is 10.6. The van der Waals surface area contributed by atoms with Crippen molar-refractivity contribution >= 4 is 28.3 Å². The summed E-state index contributed by atoms with van der Waals surface area (Å²) in [5.74, 6) is 0.474. The van der Waals surface area contributed by atoms with Gasteiger partial charge in [-0.05, 0) is 30.5 Å². The van der Waals surface area contributed by atoms with Crippen molar-refractivity contribution in [3.05, 3.63) is 60.2 Å². The molecule has 1 N–H and O–H groups in total. The molecule has 4 rings (SSSR count). The van der Waals surface area contributed by atoms with Crippen LogP contribution >= 0.6 is 11.3 Å². The maximum atomic E-state index is 12.8. The number of ether oxygens (including phenoxy) is 1. The molecule has 0 radical (unpaired) electrons. The van der Waals surface area contributed by atoms with Crippen molar-refractivity contribution in [1.82, 2.24) is 15.1 Å². The molecule has 1 unspecified atom stereocenters. The van der Waals surface area contributed by atoms with Crippen molar-refractivity contribution in [3.8, 4) is 16.3 Å². The molecule has 1 fully saturated rings. The van der Waals surface area contributed by atoms with E-state index in [-0.39, 0.29) is 11.8 Å². The molecule has 1 aromatic heterocycles. The van der Waals surface area contributed by atoms with Crippen molar-refractivity contribution in [2.75, 3.05) is 19.0 Å². The number of amides is 2. The van der Waals surface area contributed by atoms with E-state index in [4.69, 9.17) is 4.74 Å². The van der Waals surface area contributed by atoms with E-state index in [2.05, 4.69) is 15.5 Å².